The Morgan fingerprint density at radius 3 is 2.47 bits per heavy atom. The van der Waals surface area contributed by atoms with Gasteiger partial charge in [-0.05, 0) is 32.4 Å². The van der Waals surface area contributed by atoms with Crippen molar-refractivity contribution in [2.75, 3.05) is 6.54 Å². The van der Waals surface area contributed by atoms with Gasteiger partial charge in [0.15, 0.2) is 0 Å². The van der Waals surface area contributed by atoms with E-state index in [0.29, 0.717) is 0 Å². The third kappa shape index (κ3) is 4.63. The van der Waals surface area contributed by atoms with Crippen molar-refractivity contribution in [3.8, 4) is 0 Å². The van der Waals surface area contributed by atoms with E-state index in [1.165, 1.54) is 0 Å². The van der Waals surface area contributed by atoms with Crippen LogP contribution in [0.25, 0.3) is 0 Å². The van der Waals surface area contributed by atoms with Crippen LogP contribution in [-0.4, -0.2) is 12.6 Å². The number of unbranched alkanes of at least 4 members (excludes halogenated alkanes) is 1. The summed E-state index contributed by atoms with van der Waals surface area (Å²) in [6.07, 6.45) is 2.01. The van der Waals surface area contributed by atoms with Crippen molar-refractivity contribution in [2.45, 2.75) is 39.7 Å². The summed E-state index contributed by atoms with van der Waals surface area (Å²) in [6, 6.07) is 9.37. The fourth-order valence-corrected chi connectivity index (χ4v) is 3.50. The number of hydrogen-bond acceptors (Lipinski definition) is 2. The van der Waals surface area contributed by atoms with Gasteiger partial charge in [-0.15, -0.1) is 0 Å². The van der Waals surface area contributed by atoms with E-state index in [1.54, 1.807) is 0 Å². The molecule has 0 spiro atoms. The van der Waals surface area contributed by atoms with Crippen LogP contribution < -0.4 is 10.4 Å². The summed E-state index contributed by atoms with van der Waals surface area (Å²) in [6.45, 7) is 6.63. The zero-order chi connectivity index (χ0) is 12.7. The van der Waals surface area contributed by atoms with E-state index >= 15 is 0 Å². The molecule has 3 nitrogen and oxygen atoms in total. The van der Waals surface area contributed by atoms with E-state index in [4.69, 9.17) is 4.52 Å². The van der Waals surface area contributed by atoms with Crippen molar-refractivity contribution in [3.05, 3.63) is 30.3 Å². The van der Waals surface area contributed by atoms with Gasteiger partial charge >= 0.3 is 0 Å². The van der Waals surface area contributed by atoms with E-state index < -0.39 is 7.52 Å². The van der Waals surface area contributed by atoms with Crippen molar-refractivity contribution >= 4 is 12.8 Å². The highest BCUT2D eigenvalue weighted by Gasteiger charge is 2.26. The normalized spacial score (nSPS) is 14.8. The van der Waals surface area contributed by atoms with Crippen LogP contribution in [0, 0.1) is 0 Å². The van der Waals surface area contributed by atoms with E-state index in [0.717, 1.165) is 24.7 Å². The summed E-state index contributed by atoms with van der Waals surface area (Å²) < 4.78 is 18.4. The van der Waals surface area contributed by atoms with Gasteiger partial charge in [0.05, 0.1) is 11.4 Å². The van der Waals surface area contributed by atoms with Gasteiger partial charge in [-0.3, -0.25) is 4.57 Å². The predicted octanol–water partition coefficient (Wildman–Crippen LogP) is 3.32. The molecule has 0 aliphatic rings. The third-order valence-corrected chi connectivity index (χ3v) is 4.64. The maximum Gasteiger partial charge on any atom is 0.299 e. The second-order valence-electron chi connectivity index (χ2n) is 4.30. The zero-order valence-corrected chi connectivity index (χ0v) is 11.7. The van der Waals surface area contributed by atoms with E-state index in [2.05, 4.69) is 12.0 Å². The van der Waals surface area contributed by atoms with E-state index in [1.807, 2.05) is 44.2 Å². The van der Waals surface area contributed by atoms with Gasteiger partial charge in [-0.1, -0.05) is 31.5 Å². The summed E-state index contributed by atoms with van der Waals surface area (Å²) in [4.78, 5) is 0. The first-order valence-electron chi connectivity index (χ1n) is 6.17. The highest BCUT2D eigenvalue weighted by atomic mass is 31.2. The second-order valence-corrected chi connectivity index (χ2v) is 6.45. The molecule has 0 radical (unpaired) electrons. The molecule has 0 aliphatic carbocycles. The molecule has 96 valence electrons. The lowest BCUT2D eigenvalue weighted by atomic mass is 10.3. The van der Waals surface area contributed by atoms with Crippen LogP contribution in [0.5, 0.6) is 0 Å². The topological polar surface area (TPSA) is 38.3 Å². The standard InChI is InChI=1S/C13H22NO2P/c1-4-5-11-14-17(15,16-12(2)3)13-9-7-6-8-10-13/h6-10,12H,4-5,11H2,1-3H3,(H,14,15). The van der Waals surface area contributed by atoms with Gasteiger partial charge in [0.25, 0.3) is 7.52 Å². The molecule has 1 N–H and O–H groups in total. The van der Waals surface area contributed by atoms with E-state index in [-0.39, 0.29) is 6.10 Å². The highest BCUT2D eigenvalue weighted by Crippen LogP contribution is 2.42. The second kappa shape index (κ2) is 6.95. The first-order chi connectivity index (χ1) is 8.08. The molecule has 0 saturated heterocycles. The Bertz CT molecular complexity index is 365. The van der Waals surface area contributed by atoms with Gasteiger partial charge in [0.2, 0.25) is 0 Å². The number of hydrogen-bond donors (Lipinski definition) is 1. The molecule has 0 bridgehead atoms. The Kier molecular flexibility index (Phi) is 5.90. The van der Waals surface area contributed by atoms with Gasteiger partial charge in [0.1, 0.15) is 0 Å². The highest BCUT2D eigenvalue weighted by molar-refractivity contribution is 7.65. The van der Waals surface area contributed by atoms with Crippen LogP contribution in [-0.2, 0) is 9.09 Å². The quantitative estimate of drug-likeness (QED) is 0.600. The predicted molar refractivity (Wildman–Crippen MR) is 72.8 cm³/mol. The fourth-order valence-electron chi connectivity index (χ4n) is 1.51. The average molecular weight is 255 g/mol. The summed E-state index contributed by atoms with van der Waals surface area (Å²) in [5, 5.41) is 3.82. The Labute approximate surface area is 104 Å². The maximum absolute atomic E-state index is 12.8. The minimum atomic E-state index is -2.91. The molecule has 4 heteroatoms. The molecule has 0 amide bonds. The first-order valence-corrected chi connectivity index (χ1v) is 7.80. The molecule has 0 aliphatic heterocycles. The van der Waals surface area contributed by atoms with Gasteiger partial charge in [0, 0.05) is 6.54 Å². The van der Waals surface area contributed by atoms with Crippen molar-refractivity contribution < 1.29 is 9.09 Å². The van der Waals surface area contributed by atoms with Crippen molar-refractivity contribution in [2.24, 2.45) is 0 Å². The van der Waals surface area contributed by atoms with Crippen LogP contribution in [0.1, 0.15) is 33.6 Å². The summed E-state index contributed by atoms with van der Waals surface area (Å²) in [5.41, 5.74) is 0. The maximum atomic E-state index is 12.8. The first kappa shape index (κ1) is 14.4. The monoisotopic (exact) mass is 255 g/mol. The molecule has 1 unspecified atom stereocenters. The van der Waals surface area contributed by atoms with Crippen molar-refractivity contribution in [3.63, 3.8) is 0 Å². The molecule has 0 heterocycles. The van der Waals surface area contributed by atoms with Crippen LogP contribution in [0.3, 0.4) is 0 Å². The van der Waals surface area contributed by atoms with Crippen LogP contribution in [0.15, 0.2) is 30.3 Å². The average Bonchev–Trinajstić information content (AvgIpc) is 2.29. The minimum Gasteiger partial charge on any atom is -0.312 e. The largest absolute Gasteiger partial charge is 0.312 e. The van der Waals surface area contributed by atoms with Crippen molar-refractivity contribution in [1.82, 2.24) is 5.09 Å². The number of benzene rings is 1. The minimum absolute atomic E-state index is 0.0600. The lowest BCUT2D eigenvalue weighted by Gasteiger charge is -2.22. The summed E-state index contributed by atoms with van der Waals surface area (Å²) >= 11 is 0. The van der Waals surface area contributed by atoms with Gasteiger partial charge < -0.3 is 4.52 Å². The molecule has 1 aromatic rings. The lowest BCUT2D eigenvalue weighted by molar-refractivity contribution is 0.243. The molecular formula is C13H22NO2P. The molecule has 1 rings (SSSR count). The zero-order valence-electron chi connectivity index (χ0n) is 10.8. The molecule has 1 atom stereocenters. The fraction of sp³-hybridized carbons (Fsp3) is 0.538. The Morgan fingerprint density at radius 2 is 1.94 bits per heavy atom. The Morgan fingerprint density at radius 1 is 1.29 bits per heavy atom. The SMILES string of the molecule is CCCCNP(=O)(OC(C)C)c1ccccc1. The van der Waals surface area contributed by atoms with Crippen LogP contribution in [0.2, 0.25) is 0 Å². The van der Waals surface area contributed by atoms with Crippen LogP contribution in [0.4, 0.5) is 0 Å². The molecule has 17 heavy (non-hydrogen) atoms. The molecule has 0 fully saturated rings. The van der Waals surface area contributed by atoms with Gasteiger partial charge in [-0.2, -0.15) is 0 Å². The van der Waals surface area contributed by atoms with Gasteiger partial charge in [-0.25, -0.2) is 5.09 Å². The third-order valence-electron chi connectivity index (χ3n) is 2.31. The Balaban J connectivity index is 2.82. The van der Waals surface area contributed by atoms with Crippen LogP contribution >= 0.6 is 7.52 Å². The molecule has 0 aromatic heterocycles. The van der Waals surface area contributed by atoms with E-state index in [9.17, 15) is 4.57 Å². The van der Waals surface area contributed by atoms with Crippen molar-refractivity contribution in [1.29, 1.82) is 0 Å². The summed E-state index contributed by atoms with van der Waals surface area (Å²) in [7, 11) is -2.91. The lowest BCUT2D eigenvalue weighted by Crippen LogP contribution is -2.24. The Hall–Kier alpha value is -0.630. The number of rotatable bonds is 7. The number of nitrogens with one attached hydrogen (secondary N) is 1. The summed E-state index contributed by atoms with van der Waals surface area (Å²) in [5.74, 6) is 0. The molecule has 0 saturated carbocycles. The smallest absolute Gasteiger partial charge is 0.299 e. The molecule has 1 aromatic carbocycles. The molecular weight excluding hydrogens is 233 g/mol.